The molecule has 3 rings (SSSR count). The van der Waals surface area contributed by atoms with Gasteiger partial charge >= 0.3 is 0 Å². The molecule has 0 fully saturated rings. The van der Waals surface area contributed by atoms with Crippen LogP contribution >= 0.6 is 0 Å². The van der Waals surface area contributed by atoms with Crippen LogP contribution in [0.15, 0.2) is 42.4 Å². The van der Waals surface area contributed by atoms with Crippen LogP contribution in [0.4, 0.5) is 0 Å². The predicted molar refractivity (Wildman–Crippen MR) is 70.5 cm³/mol. The molecule has 3 aromatic rings. The monoisotopic (exact) mass is 227 g/mol. The lowest BCUT2D eigenvalue weighted by molar-refractivity contribution is 0.112. The van der Waals surface area contributed by atoms with Gasteiger partial charge in [0.05, 0.1) is 5.48 Å². The molecule has 0 bridgehead atoms. The van der Waals surface area contributed by atoms with Crippen molar-refractivity contribution in [3.05, 3.63) is 47.9 Å². The zero-order valence-electron chi connectivity index (χ0n) is 13.4. The highest BCUT2D eigenvalue weighted by molar-refractivity contribution is 6.09. The van der Waals surface area contributed by atoms with Gasteiger partial charge in [0.25, 0.3) is 0 Å². The Bertz CT molecular complexity index is 898. The van der Waals surface area contributed by atoms with Gasteiger partial charge in [-0.3, -0.25) is 4.79 Å². The SMILES string of the molecule is [2H]c1cc([2H])c2c(c1)c1c([2H])c(C=O)c([2H])cc1n2CC. The maximum absolute atomic E-state index is 11.1. The van der Waals surface area contributed by atoms with E-state index in [9.17, 15) is 4.79 Å². The highest BCUT2D eigenvalue weighted by Crippen LogP contribution is 2.29. The number of aromatic nitrogens is 1. The molecule has 0 aliphatic rings. The summed E-state index contributed by atoms with van der Waals surface area (Å²) in [6.07, 6.45) is 0.519. The first-order valence-corrected chi connectivity index (χ1v) is 5.48. The van der Waals surface area contributed by atoms with Crippen LogP contribution in [-0.2, 0) is 6.54 Å². The molecule has 2 aromatic carbocycles. The Morgan fingerprint density at radius 2 is 2.18 bits per heavy atom. The lowest BCUT2D eigenvalue weighted by Gasteiger charge is -2.02. The van der Waals surface area contributed by atoms with E-state index in [0.717, 1.165) is 0 Å². The van der Waals surface area contributed by atoms with E-state index in [0.29, 0.717) is 34.6 Å². The minimum absolute atomic E-state index is 0.00491. The van der Waals surface area contributed by atoms with Crippen LogP contribution in [-0.4, -0.2) is 10.9 Å². The molecule has 0 radical (unpaired) electrons. The topological polar surface area (TPSA) is 22.0 Å². The van der Waals surface area contributed by atoms with Gasteiger partial charge in [0.15, 0.2) is 0 Å². The zero-order chi connectivity index (χ0) is 15.3. The van der Waals surface area contributed by atoms with Crippen LogP contribution in [0.1, 0.15) is 22.8 Å². The Morgan fingerprint density at radius 1 is 1.29 bits per heavy atom. The second-order valence-electron chi connectivity index (χ2n) is 3.81. The largest absolute Gasteiger partial charge is 0.341 e. The Hall–Kier alpha value is -2.09. The third-order valence-electron chi connectivity index (χ3n) is 2.92. The highest BCUT2D eigenvalue weighted by Gasteiger charge is 2.08. The smallest absolute Gasteiger partial charge is 0.150 e. The lowest BCUT2D eigenvalue weighted by Crippen LogP contribution is -1.92. The van der Waals surface area contributed by atoms with E-state index < -0.39 is 0 Å². The Balaban J connectivity index is 2.67. The number of rotatable bonds is 2. The van der Waals surface area contributed by atoms with Crippen molar-refractivity contribution in [3.8, 4) is 0 Å². The molecule has 2 nitrogen and oxygen atoms in total. The fourth-order valence-electron chi connectivity index (χ4n) is 2.18. The fourth-order valence-corrected chi connectivity index (χ4v) is 2.18. The molecule has 1 aromatic heterocycles. The Labute approximate surface area is 105 Å². The quantitative estimate of drug-likeness (QED) is 0.613. The molecular formula is C15H13NO. The van der Waals surface area contributed by atoms with Crippen molar-refractivity contribution in [2.75, 3.05) is 0 Å². The minimum Gasteiger partial charge on any atom is -0.341 e. The third kappa shape index (κ3) is 1.37. The first-order valence-electron chi connectivity index (χ1n) is 7.48. The number of fused-ring (bicyclic) bond motifs is 3. The van der Waals surface area contributed by atoms with Crippen LogP contribution in [0.5, 0.6) is 0 Å². The maximum atomic E-state index is 11.1. The standard InChI is InChI=1S/C15H13NO/c1-2-16-14-6-4-3-5-12(14)13-9-11(10-17)7-8-15(13)16/h3-10H,2H2,1H3/i3D,6D,7D,9D. The molecular weight excluding hydrogens is 210 g/mol. The summed E-state index contributed by atoms with van der Waals surface area (Å²) in [5, 5.41) is 1.16. The average molecular weight is 227 g/mol. The number of nitrogens with zero attached hydrogens (tertiary/aromatic N) is 1. The number of aryl methyl sites for hydroxylation is 1. The van der Waals surface area contributed by atoms with Crippen LogP contribution < -0.4 is 0 Å². The van der Waals surface area contributed by atoms with Crippen molar-refractivity contribution in [2.24, 2.45) is 0 Å². The average Bonchev–Trinajstić information content (AvgIpc) is 2.72. The second-order valence-corrected chi connectivity index (χ2v) is 3.81. The van der Waals surface area contributed by atoms with E-state index in [2.05, 4.69) is 0 Å². The van der Waals surface area contributed by atoms with E-state index in [1.165, 1.54) is 6.07 Å². The number of benzene rings is 2. The third-order valence-corrected chi connectivity index (χ3v) is 2.92. The van der Waals surface area contributed by atoms with Gasteiger partial charge in [0.1, 0.15) is 6.29 Å². The van der Waals surface area contributed by atoms with Gasteiger partial charge in [-0.25, -0.2) is 0 Å². The van der Waals surface area contributed by atoms with Gasteiger partial charge in [-0.1, -0.05) is 18.2 Å². The molecule has 0 N–H and O–H groups in total. The number of hydrogen-bond donors (Lipinski definition) is 0. The molecule has 17 heavy (non-hydrogen) atoms. The van der Waals surface area contributed by atoms with Crippen molar-refractivity contribution < 1.29 is 10.3 Å². The van der Waals surface area contributed by atoms with Crippen LogP contribution in [0, 0.1) is 0 Å². The summed E-state index contributed by atoms with van der Waals surface area (Å²) >= 11 is 0. The molecule has 0 aliphatic carbocycles. The van der Waals surface area contributed by atoms with E-state index in [4.69, 9.17) is 5.48 Å². The molecule has 0 spiro atoms. The van der Waals surface area contributed by atoms with Gasteiger partial charge in [-0.15, -0.1) is 0 Å². The number of para-hydroxylation sites is 1. The van der Waals surface area contributed by atoms with Crippen LogP contribution in [0.2, 0.25) is 0 Å². The van der Waals surface area contributed by atoms with Crippen molar-refractivity contribution in [3.63, 3.8) is 0 Å². The summed E-state index contributed by atoms with van der Waals surface area (Å²) in [7, 11) is 0. The van der Waals surface area contributed by atoms with Gasteiger partial charge in [0.2, 0.25) is 0 Å². The molecule has 0 unspecified atom stereocenters. The highest BCUT2D eigenvalue weighted by atomic mass is 16.1. The molecule has 0 amide bonds. The van der Waals surface area contributed by atoms with E-state index in [1.807, 2.05) is 11.5 Å². The molecule has 0 atom stereocenters. The first-order chi connectivity index (χ1) is 9.99. The Morgan fingerprint density at radius 3 is 2.94 bits per heavy atom. The van der Waals surface area contributed by atoms with Gasteiger partial charge in [-0.05, 0) is 31.1 Å². The van der Waals surface area contributed by atoms with Gasteiger partial charge in [-0.2, -0.15) is 0 Å². The van der Waals surface area contributed by atoms with Gasteiger partial charge in [0, 0.05) is 33.9 Å². The number of hydrogen-bond acceptors (Lipinski definition) is 1. The summed E-state index contributed by atoms with van der Waals surface area (Å²) in [5.74, 6) is 0. The number of carbonyl (C=O) groups is 1. The van der Waals surface area contributed by atoms with Crippen molar-refractivity contribution in [1.29, 1.82) is 0 Å². The molecule has 2 heteroatoms. The summed E-state index contributed by atoms with van der Waals surface area (Å²) in [5.41, 5.74) is 1.34. The predicted octanol–water partition coefficient (Wildman–Crippen LogP) is 3.63. The molecule has 0 saturated heterocycles. The lowest BCUT2D eigenvalue weighted by atomic mass is 10.1. The minimum atomic E-state index is -0.00491. The molecule has 84 valence electrons. The Kier molecular flexibility index (Phi) is 1.45. The van der Waals surface area contributed by atoms with E-state index in [-0.39, 0.29) is 29.7 Å². The first kappa shape index (κ1) is 6.60. The maximum Gasteiger partial charge on any atom is 0.150 e. The number of aldehydes is 1. The van der Waals surface area contributed by atoms with Crippen LogP contribution in [0.25, 0.3) is 21.8 Å². The van der Waals surface area contributed by atoms with Crippen molar-refractivity contribution in [2.45, 2.75) is 13.5 Å². The van der Waals surface area contributed by atoms with E-state index in [1.54, 1.807) is 12.1 Å². The summed E-state index contributed by atoms with van der Waals surface area (Å²) < 4.78 is 33.8. The summed E-state index contributed by atoms with van der Waals surface area (Å²) in [6, 6.07) is 5.05. The fraction of sp³-hybridized carbons (Fsp3) is 0.133. The zero-order valence-corrected chi connectivity index (χ0v) is 9.37. The van der Waals surface area contributed by atoms with Gasteiger partial charge < -0.3 is 4.57 Å². The summed E-state index contributed by atoms with van der Waals surface area (Å²) in [4.78, 5) is 11.1. The molecule has 0 saturated carbocycles. The van der Waals surface area contributed by atoms with Crippen molar-refractivity contribution in [1.82, 2.24) is 4.57 Å². The molecule has 1 heterocycles. The normalized spacial score (nSPS) is 14.4. The second kappa shape index (κ2) is 3.74. The molecule has 0 aliphatic heterocycles. The van der Waals surface area contributed by atoms with E-state index >= 15 is 0 Å². The van der Waals surface area contributed by atoms with Crippen molar-refractivity contribution >= 4 is 28.1 Å². The summed E-state index contributed by atoms with van der Waals surface area (Å²) in [6.45, 7) is 2.51. The van der Waals surface area contributed by atoms with Crippen LogP contribution in [0.3, 0.4) is 0 Å². The number of carbonyl (C=O) groups excluding carboxylic acids is 1.